The van der Waals surface area contributed by atoms with E-state index in [4.69, 9.17) is 9.47 Å². The van der Waals surface area contributed by atoms with Gasteiger partial charge in [-0.2, -0.15) is 5.10 Å². The van der Waals surface area contributed by atoms with Crippen LogP contribution in [0, 0.1) is 5.82 Å². The van der Waals surface area contributed by atoms with Gasteiger partial charge in [0.25, 0.3) is 5.91 Å². The summed E-state index contributed by atoms with van der Waals surface area (Å²) in [6.07, 6.45) is 0.867. The number of hydrogen-bond donors (Lipinski definition) is 3. The van der Waals surface area contributed by atoms with Gasteiger partial charge in [-0.1, -0.05) is 36.4 Å². The minimum absolute atomic E-state index is 0.0949. The monoisotopic (exact) mass is 453 g/mol. The predicted octanol–water partition coefficient (Wildman–Crippen LogP) is 2.75. The SMILES string of the molecule is O=C(O)CC(Cc1ccccc1)(NC(=O)c1cc(O)n(-c2cccc(F)c2)n1)C1=COCO1. The smallest absolute Gasteiger partial charge is 0.306 e. The van der Waals surface area contributed by atoms with Crippen LogP contribution in [0.5, 0.6) is 5.88 Å². The Balaban J connectivity index is 1.69. The van der Waals surface area contributed by atoms with Gasteiger partial charge in [0, 0.05) is 12.5 Å². The van der Waals surface area contributed by atoms with E-state index in [1.807, 2.05) is 6.07 Å². The van der Waals surface area contributed by atoms with Gasteiger partial charge in [-0.05, 0) is 23.8 Å². The lowest BCUT2D eigenvalue weighted by atomic mass is 9.85. The summed E-state index contributed by atoms with van der Waals surface area (Å²) < 4.78 is 25.2. The summed E-state index contributed by atoms with van der Waals surface area (Å²) >= 11 is 0. The van der Waals surface area contributed by atoms with Gasteiger partial charge in [0.2, 0.25) is 12.7 Å². The maximum atomic E-state index is 13.6. The molecule has 2 aromatic carbocycles. The largest absolute Gasteiger partial charge is 0.493 e. The highest BCUT2D eigenvalue weighted by Crippen LogP contribution is 2.31. The Bertz CT molecular complexity index is 1210. The molecule has 2 heterocycles. The highest BCUT2D eigenvalue weighted by atomic mass is 19.1. The van der Waals surface area contributed by atoms with E-state index in [1.165, 1.54) is 24.5 Å². The van der Waals surface area contributed by atoms with Crippen LogP contribution >= 0.6 is 0 Å². The van der Waals surface area contributed by atoms with Crippen molar-refractivity contribution in [2.75, 3.05) is 6.79 Å². The first-order chi connectivity index (χ1) is 15.9. The van der Waals surface area contributed by atoms with Crippen molar-refractivity contribution in [1.82, 2.24) is 15.1 Å². The average molecular weight is 453 g/mol. The molecule has 0 saturated heterocycles. The Hall–Kier alpha value is -4.34. The maximum absolute atomic E-state index is 13.6. The number of carboxylic acids is 1. The molecule has 1 amide bonds. The Morgan fingerprint density at radius 1 is 1.15 bits per heavy atom. The number of amides is 1. The fraction of sp³-hybridized carbons (Fsp3) is 0.174. The van der Waals surface area contributed by atoms with Crippen molar-refractivity contribution >= 4 is 11.9 Å². The molecule has 0 fully saturated rings. The zero-order valence-corrected chi connectivity index (χ0v) is 17.3. The number of rotatable bonds is 8. The number of hydrogen-bond acceptors (Lipinski definition) is 6. The zero-order valence-electron chi connectivity index (χ0n) is 17.3. The number of ether oxygens (including phenoxy) is 2. The van der Waals surface area contributed by atoms with E-state index in [-0.39, 0.29) is 30.4 Å². The van der Waals surface area contributed by atoms with Crippen molar-refractivity contribution in [3.05, 3.63) is 89.8 Å². The van der Waals surface area contributed by atoms with Gasteiger partial charge < -0.3 is 25.0 Å². The molecule has 3 aromatic rings. The molecule has 1 aliphatic rings. The number of halogens is 1. The van der Waals surface area contributed by atoms with E-state index >= 15 is 0 Å². The van der Waals surface area contributed by atoms with E-state index in [0.29, 0.717) is 0 Å². The predicted molar refractivity (Wildman–Crippen MR) is 113 cm³/mol. The number of nitrogens with zero attached hydrogens (tertiary/aromatic N) is 2. The molecule has 0 aliphatic carbocycles. The molecule has 0 radical (unpaired) electrons. The van der Waals surface area contributed by atoms with Crippen LogP contribution in [0.4, 0.5) is 4.39 Å². The van der Waals surface area contributed by atoms with Crippen molar-refractivity contribution in [2.24, 2.45) is 0 Å². The van der Waals surface area contributed by atoms with Gasteiger partial charge >= 0.3 is 5.97 Å². The third-order valence-corrected chi connectivity index (χ3v) is 5.08. The quantitative estimate of drug-likeness (QED) is 0.479. The first-order valence-electron chi connectivity index (χ1n) is 9.94. The topological polar surface area (TPSA) is 123 Å². The van der Waals surface area contributed by atoms with E-state index in [0.717, 1.165) is 22.4 Å². The molecule has 170 valence electrons. The lowest BCUT2D eigenvalue weighted by Crippen LogP contribution is -2.53. The molecule has 9 nitrogen and oxygen atoms in total. The first kappa shape index (κ1) is 21.9. The van der Waals surface area contributed by atoms with Crippen LogP contribution in [0.2, 0.25) is 0 Å². The summed E-state index contributed by atoms with van der Waals surface area (Å²) in [6.45, 7) is -0.115. The number of aromatic nitrogens is 2. The average Bonchev–Trinajstić information content (AvgIpc) is 3.44. The Kier molecular flexibility index (Phi) is 5.99. The third kappa shape index (κ3) is 4.79. The molecule has 1 aromatic heterocycles. The van der Waals surface area contributed by atoms with Crippen LogP contribution < -0.4 is 5.32 Å². The number of benzene rings is 2. The van der Waals surface area contributed by atoms with Crippen LogP contribution in [0.1, 0.15) is 22.5 Å². The van der Waals surface area contributed by atoms with Crippen LogP contribution in [0.3, 0.4) is 0 Å². The van der Waals surface area contributed by atoms with Gasteiger partial charge in [-0.25, -0.2) is 9.07 Å². The minimum atomic E-state index is -1.49. The molecule has 0 saturated carbocycles. The summed E-state index contributed by atoms with van der Waals surface area (Å²) in [5.41, 5.74) is -0.718. The van der Waals surface area contributed by atoms with Crippen LogP contribution in [-0.4, -0.2) is 44.2 Å². The van der Waals surface area contributed by atoms with E-state index in [1.54, 1.807) is 24.3 Å². The van der Waals surface area contributed by atoms with Crippen molar-refractivity contribution in [1.29, 1.82) is 0 Å². The summed E-state index contributed by atoms with van der Waals surface area (Å²) in [4.78, 5) is 24.9. The Morgan fingerprint density at radius 2 is 1.94 bits per heavy atom. The number of carbonyl (C=O) groups is 2. The fourth-order valence-corrected chi connectivity index (χ4v) is 3.64. The number of nitrogens with one attached hydrogen (secondary N) is 1. The normalized spacial score (nSPS) is 14.5. The lowest BCUT2D eigenvalue weighted by molar-refractivity contribution is -0.138. The number of carbonyl (C=O) groups excluding carboxylic acids is 1. The van der Waals surface area contributed by atoms with E-state index < -0.39 is 35.5 Å². The van der Waals surface area contributed by atoms with Gasteiger partial charge in [-0.15, -0.1) is 0 Å². The van der Waals surface area contributed by atoms with E-state index in [9.17, 15) is 24.2 Å². The van der Waals surface area contributed by atoms with Crippen molar-refractivity contribution in [3.8, 4) is 11.6 Å². The summed E-state index contributed by atoms with van der Waals surface area (Å²) in [5, 5.41) is 26.7. The molecule has 3 N–H and O–H groups in total. The second-order valence-corrected chi connectivity index (χ2v) is 7.46. The van der Waals surface area contributed by atoms with E-state index in [2.05, 4.69) is 10.4 Å². The molecular weight excluding hydrogens is 433 g/mol. The van der Waals surface area contributed by atoms with Crippen molar-refractivity contribution in [2.45, 2.75) is 18.4 Å². The summed E-state index contributed by atoms with van der Waals surface area (Å²) in [5.74, 6) is -2.71. The fourth-order valence-electron chi connectivity index (χ4n) is 3.64. The summed E-state index contributed by atoms with van der Waals surface area (Å²) in [6, 6.07) is 15.4. The van der Waals surface area contributed by atoms with Gasteiger partial charge in [0.05, 0.1) is 12.1 Å². The molecule has 1 atom stereocenters. The molecule has 4 rings (SSSR count). The Morgan fingerprint density at radius 3 is 2.61 bits per heavy atom. The van der Waals surface area contributed by atoms with Crippen LogP contribution in [0.15, 0.2) is 72.7 Å². The number of aliphatic carboxylic acids is 1. The highest BCUT2D eigenvalue weighted by Gasteiger charge is 2.43. The van der Waals surface area contributed by atoms with Gasteiger partial charge in [-0.3, -0.25) is 9.59 Å². The molecule has 0 spiro atoms. The molecule has 0 bridgehead atoms. The van der Waals surface area contributed by atoms with Crippen LogP contribution in [0.25, 0.3) is 5.69 Å². The highest BCUT2D eigenvalue weighted by molar-refractivity contribution is 5.94. The Labute approximate surface area is 187 Å². The first-order valence-corrected chi connectivity index (χ1v) is 9.94. The minimum Gasteiger partial charge on any atom is -0.493 e. The zero-order chi connectivity index (χ0) is 23.4. The lowest BCUT2D eigenvalue weighted by Gasteiger charge is -2.33. The van der Waals surface area contributed by atoms with Gasteiger partial charge in [0.1, 0.15) is 17.6 Å². The number of carboxylic acid groups (broad SMARTS) is 1. The van der Waals surface area contributed by atoms with Crippen LogP contribution in [-0.2, 0) is 20.7 Å². The van der Waals surface area contributed by atoms with Crippen molar-refractivity contribution in [3.63, 3.8) is 0 Å². The standard InChI is InChI=1S/C23H20FN3O6/c24-16-7-4-8-17(9-16)27-20(28)10-18(26-27)22(31)25-23(12-21(29)30,19-13-32-14-33-19)11-15-5-2-1-3-6-15/h1-10,13,28H,11-12,14H2,(H,25,31)(H,29,30). The molecule has 1 aliphatic heterocycles. The number of aromatic hydroxyl groups is 1. The molecule has 1 unspecified atom stereocenters. The second-order valence-electron chi connectivity index (χ2n) is 7.46. The summed E-state index contributed by atoms with van der Waals surface area (Å²) in [7, 11) is 0. The van der Waals surface area contributed by atoms with Crippen molar-refractivity contribution < 1.29 is 33.7 Å². The third-order valence-electron chi connectivity index (χ3n) is 5.08. The molecular formula is C23H20FN3O6. The maximum Gasteiger partial charge on any atom is 0.306 e. The molecule has 10 heteroatoms. The second kappa shape index (κ2) is 9.03. The van der Waals surface area contributed by atoms with Gasteiger partial charge in [0.15, 0.2) is 11.5 Å². The molecule has 33 heavy (non-hydrogen) atoms.